The number of carbonyl (C=O) groups excluding carboxylic acids is 4. The number of ether oxygens (including phenoxy) is 2. The van der Waals surface area contributed by atoms with Gasteiger partial charge in [-0.2, -0.15) is 0 Å². The van der Waals surface area contributed by atoms with Gasteiger partial charge in [0.25, 0.3) is 0 Å². The fourth-order valence-corrected chi connectivity index (χ4v) is 6.61. The minimum atomic E-state index is -1.46. The fourth-order valence-electron chi connectivity index (χ4n) is 6.61. The summed E-state index contributed by atoms with van der Waals surface area (Å²) >= 11 is 0. The zero-order valence-electron chi connectivity index (χ0n) is 26.8. The first-order chi connectivity index (χ1) is 21.8. The van der Waals surface area contributed by atoms with E-state index < -0.39 is 59.3 Å². The molecule has 3 heterocycles. The molecular weight excluding hydrogens is 594 g/mol. The van der Waals surface area contributed by atoms with Gasteiger partial charge in [-0.15, -0.1) is 0 Å². The molecule has 1 aromatic carbocycles. The third-order valence-electron chi connectivity index (χ3n) is 9.14. The first-order valence-corrected chi connectivity index (χ1v) is 16.1. The zero-order valence-corrected chi connectivity index (χ0v) is 26.8. The van der Waals surface area contributed by atoms with Crippen LogP contribution in [0.1, 0.15) is 76.8 Å². The third-order valence-corrected chi connectivity index (χ3v) is 9.14. The topological polar surface area (TPSA) is 181 Å². The average molecular weight is 640 g/mol. The number of nitrogen functional groups attached to an aromatic ring is 1. The summed E-state index contributed by atoms with van der Waals surface area (Å²) in [4.78, 5) is 69.2. The summed E-state index contributed by atoms with van der Waals surface area (Å²) in [5.74, 6) is -2.67. The van der Waals surface area contributed by atoms with Crippen molar-refractivity contribution in [2.45, 2.75) is 108 Å². The number of carboxylic acids is 1. The van der Waals surface area contributed by atoms with Crippen LogP contribution in [0.3, 0.4) is 0 Å². The second-order valence-corrected chi connectivity index (χ2v) is 13.7. The number of alkyl carbamates (subject to hydrolysis) is 1. The largest absolute Gasteiger partial charge is 0.479 e. The molecule has 46 heavy (non-hydrogen) atoms. The van der Waals surface area contributed by atoms with Gasteiger partial charge >= 0.3 is 18.2 Å². The summed E-state index contributed by atoms with van der Waals surface area (Å²) < 4.78 is 11.3. The van der Waals surface area contributed by atoms with Crippen LogP contribution in [0.2, 0.25) is 0 Å². The summed E-state index contributed by atoms with van der Waals surface area (Å²) in [5.41, 5.74) is 6.47. The van der Waals surface area contributed by atoms with Crippen molar-refractivity contribution >= 4 is 35.7 Å². The molecule has 4 amide bonds. The second-order valence-electron chi connectivity index (χ2n) is 13.7. The lowest BCUT2D eigenvalue weighted by Crippen LogP contribution is -2.56. The van der Waals surface area contributed by atoms with Crippen LogP contribution in [-0.2, 0) is 36.8 Å². The van der Waals surface area contributed by atoms with Gasteiger partial charge in [-0.05, 0) is 70.1 Å². The van der Waals surface area contributed by atoms with E-state index in [0.717, 1.165) is 30.4 Å². The van der Waals surface area contributed by atoms with Crippen LogP contribution in [0.5, 0.6) is 0 Å². The van der Waals surface area contributed by atoms with E-state index in [-0.39, 0.29) is 25.3 Å². The molecule has 0 unspecified atom stereocenters. The van der Waals surface area contributed by atoms with Gasteiger partial charge in [0, 0.05) is 31.1 Å². The normalized spacial score (nSPS) is 29.1. The van der Waals surface area contributed by atoms with Crippen molar-refractivity contribution < 1.29 is 38.6 Å². The van der Waals surface area contributed by atoms with Crippen molar-refractivity contribution in [1.82, 2.24) is 20.4 Å². The van der Waals surface area contributed by atoms with E-state index >= 15 is 0 Å². The van der Waals surface area contributed by atoms with E-state index in [1.54, 1.807) is 25.7 Å². The van der Waals surface area contributed by atoms with Crippen LogP contribution in [0.4, 0.5) is 15.3 Å². The lowest BCUT2D eigenvalue weighted by molar-refractivity contribution is -0.145. The molecular formula is C33H45N5O8. The smallest absolute Gasteiger partial charge is 0.410 e. The number of amides is 4. The maximum Gasteiger partial charge on any atom is 0.410 e. The summed E-state index contributed by atoms with van der Waals surface area (Å²) in [6.07, 6.45) is 5.69. The highest BCUT2D eigenvalue weighted by molar-refractivity contribution is 5.96. The van der Waals surface area contributed by atoms with Crippen LogP contribution >= 0.6 is 0 Å². The molecule has 0 aromatic heterocycles. The van der Waals surface area contributed by atoms with Gasteiger partial charge in [0.1, 0.15) is 29.3 Å². The van der Waals surface area contributed by atoms with Crippen LogP contribution in [0, 0.1) is 5.92 Å². The minimum Gasteiger partial charge on any atom is -0.479 e. The number of anilines is 1. The van der Waals surface area contributed by atoms with E-state index in [4.69, 9.17) is 15.2 Å². The molecule has 0 bridgehead atoms. The Bertz CT molecular complexity index is 1410. The van der Waals surface area contributed by atoms with E-state index in [0.29, 0.717) is 38.0 Å². The molecule has 4 aliphatic rings. The third kappa shape index (κ3) is 7.39. The number of hydrogen-bond donors (Lipinski definition) is 4. The molecule has 1 saturated heterocycles. The maximum absolute atomic E-state index is 14.1. The zero-order chi connectivity index (χ0) is 33.2. The molecule has 5 rings (SSSR count). The number of carbonyl (C=O) groups is 5. The van der Waals surface area contributed by atoms with Gasteiger partial charge in [0.15, 0.2) is 0 Å². The molecule has 1 aromatic rings. The lowest BCUT2D eigenvalue weighted by Gasteiger charge is -2.30. The molecule has 13 nitrogen and oxygen atoms in total. The maximum atomic E-state index is 14.1. The van der Waals surface area contributed by atoms with Crippen molar-refractivity contribution in [2.24, 2.45) is 5.92 Å². The Kier molecular flexibility index (Phi) is 9.50. The highest BCUT2D eigenvalue weighted by Gasteiger charge is 2.61. The number of aliphatic carboxylic acids is 1. The number of nitrogens with one attached hydrogen (secondary N) is 2. The number of hydrogen-bond acceptors (Lipinski definition) is 8. The van der Waals surface area contributed by atoms with Gasteiger partial charge in [-0.1, -0.05) is 37.1 Å². The highest BCUT2D eigenvalue weighted by Crippen LogP contribution is 2.45. The van der Waals surface area contributed by atoms with Crippen molar-refractivity contribution in [2.75, 3.05) is 18.8 Å². The second kappa shape index (κ2) is 13.2. The molecule has 5 atom stereocenters. The lowest BCUT2D eigenvalue weighted by atomic mass is 9.98. The van der Waals surface area contributed by atoms with Crippen molar-refractivity contribution in [1.29, 1.82) is 0 Å². The van der Waals surface area contributed by atoms with Crippen LogP contribution in [0.15, 0.2) is 30.4 Å². The molecule has 0 spiro atoms. The summed E-state index contributed by atoms with van der Waals surface area (Å²) in [6.45, 7) is 5.79. The number of nitrogens with two attached hydrogens (primary N) is 1. The Hall–Kier alpha value is -4.29. The number of carboxylic acid groups (broad SMARTS) is 1. The summed E-state index contributed by atoms with van der Waals surface area (Å²) in [7, 11) is 0. The van der Waals surface area contributed by atoms with Crippen LogP contribution in [0.25, 0.3) is 0 Å². The highest BCUT2D eigenvalue weighted by atomic mass is 16.6. The van der Waals surface area contributed by atoms with E-state index in [2.05, 4.69) is 10.6 Å². The van der Waals surface area contributed by atoms with E-state index in [9.17, 15) is 29.1 Å². The van der Waals surface area contributed by atoms with E-state index in [1.807, 2.05) is 30.4 Å². The first kappa shape index (κ1) is 33.1. The Morgan fingerprint density at radius 1 is 1.15 bits per heavy atom. The number of benzene rings is 1. The Morgan fingerprint density at radius 2 is 1.93 bits per heavy atom. The van der Waals surface area contributed by atoms with Crippen LogP contribution < -0.4 is 16.4 Å². The molecule has 3 aliphatic heterocycles. The van der Waals surface area contributed by atoms with Crippen LogP contribution in [-0.4, -0.2) is 87.3 Å². The molecule has 2 fully saturated rings. The number of allylic oxidation sites excluding steroid dienone is 1. The molecule has 1 saturated carbocycles. The Morgan fingerprint density at radius 3 is 2.67 bits per heavy atom. The van der Waals surface area contributed by atoms with E-state index in [1.165, 1.54) is 4.90 Å². The predicted octanol–water partition coefficient (Wildman–Crippen LogP) is 3.11. The van der Waals surface area contributed by atoms with Gasteiger partial charge in [0.2, 0.25) is 11.8 Å². The Balaban J connectivity index is 1.37. The van der Waals surface area contributed by atoms with Gasteiger partial charge in [0.05, 0.1) is 6.54 Å². The monoisotopic (exact) mass is 639 g/mol. The van der Waals surface area contributed by atoms with Crippen molar-refractivity contribution in [3.8, 4) is 0 Å². The predicted molar refractivity (Wildman–Crippen MR) is 167 cm³/mol. The fraction of sp³-hybridized carbons (Fsp3) is 0.606. The standard InChI is InChI=1S/C33H45N5O8/c1-32(2,3)46-30(43)35-25-13-8-6-4-5-7-11-21-17-33(21,29(41)42)36-27(39)26-16-22(19-38(26)28(25)40)45-31(44)37-15-14-23-20(18-37)10-9-12-24(23)34/h7,9-12,21-22,25-26H,4-6,8,13-19,34H2,1-3H3,(H,35,43)(H,36,39)(H,41,42)/b11-7-/t21-,22+,25-,26-,33+/m0/s1. The minimum absolute atomic E-state index is 0.0178. The summed E-state index contributed by atoms with van der Waals surface area (Å²) in [6, 6.07) is 3.47. The number of nitrogens with zero attached hydrogens (tertiary/aromatic N) is 2. The van der Waals surface area contributed by atoms with Crippen molar-refractivity contribution in [3.63, 3.8) is 0 Å². The number of fused-ring (bicyclic) bond motifs is 3. The quantitative estimate of drug-likeness (QED) is 0.285. The average Bonchev–Trinajstić information content (AvgIpc) is 3.52. The molecule has 5 N–H and O–H groups in total. The van der Waals surface area contributed by atoms with Crippen molar-refractivity contribution in [3.05, 3.63) is 41.5 Å². The Labute approximate surface area is 268 Å². The molecule has 1 aliphatic carbocycles. The van der Waals surface area contributed by atoms with Gasteiger partial charge < -0.3 is 40.7 Å². The molecule has 13 heteroatoms. The summed E-state index contributed by atoms with van der Waals surface area (Å²) in [5, 5.41) is 15.5. The number of rotatable bonds is 3. The first-order valence-electron chi connectivity index (χ1n) is 16.1. The molecule has 0 radical (unpaired) electrons. The SMILES string of the molecule is CC(C)(C)OC(=O)N[C@H]1CCCCC/C=C\[C@H]2C[C@@]2(C(=O)O)NC(=O)[C@@H]2C[C@@H](OC(=O)N3CCc4c(N)cccc4C3)CN2C1=O. The van der Waals surface area contributed by atoms with Gasteiger partial charge in [-0.3, -0.25) is 9.59 Å². The van der Waals surface area contributed by atoms with Gasteiger partial charge in [-0.25, -0.2) is 14.4 Å². The molecule has 250 valence electrons.